The maximum absolute atomic E-state index is 13.0. The van der Waals surface area contributed by atoms with Crippen molar-refractivity contribution >= 4 is 11.6 Å². The second-order valence-electron chi connectivity index (χ2n) is 3.70. The molecule has 0 spiro atoms. The first kappa shape index (κ1) is 10.3. The van der Waals surface area contributed by atoms with Gasteiger partial charge in [0, 0.05) is 0 Å². The molecule has 0 fully saturated rings. The third kappa shape index (κ3) is 1.77. The minimum atomic E-state index is -0.701. The number of halogens is 2. The van der Waals surface area contributed by atoms with Gasteiger partial charge in [0.05, 0.1) is 12.6 Å². The summed E-state index contributed by atoms with van der Waals surface area (Å²) < 4.78 is 19.3. The van der Waals surface area contributed by atoms with E-state index < -0.39 is 5.95 Å². The van der Waals surface area contributed by atoms with Gasteiger partial charge in [0.2, 0.25) is 5.88 Å². The molecule has 0 amide bonds. The van der Waals surface area contributed by atoms with Gasteiger partial charge < -0.3 is 4.74 Å². The fourth-order valence-corrected chi connectivity index (χ4v) is 1.18. The molecular weight excluding hydrogens is 195 g/mol. The highest BCUT2D eigenvalue weighted by atomic mass is 35.5. The van der Waals surface area contributed by atoms with Crippen LogP contribution in [0.1, 0.15) is 20.8 Å². The van der Waals surface area contributed by atoms with Gasteiger partial charge in [-0.25, -0.2) is 4.68 Å². The molecule has 0 saturated heterocycles. The molecule has 13 heavy (non-hydrogen) atoms. The van der Waals surface area contributed by atoms with Crippen LogP contribution in [0.2, 0.25) is 5.02 Å². The maximum Gasteiger partial charge on any atom is 0.255 e. The van der Waals surface area contributed by atoms with Crippen molar-refractivity contribution in [2.24, 2.45) is 0 Å². The van der Waals surface area contributed by atoms with E-state index in [4.69, 9.17) is 16.3 Å². The third-order valence-electron chi connectivity index (χ3n) is 1.58. The number of hydrogen-bond acceptors (Lipinski definition) is 2. The molecule has 0 aromatic carbocycles. The SMILES string of the molecule is COc1c(Cl)c(F)nn1C(C)(C)C. The molecule has 3 nitrogen and oxygen atoms in total. The number of nitrogens with zero attached hydrogens (tertiary/aromatic N) is 2. The summed E-state index contributed by atoms with van der Waals surface area (Å²) in [7, 11) is 1.44. The molecule has 1 heterocycles. The van der Waals surface area contributed by atoms with Gasteiger partial charge in [-0.1, -0.05) is 11.6 Å². The zero-order valence-electron chi connectivity index (χ0n) is 8.06. The molecule has 0 saturated carbocycles. The molecule has 0 atom stereocenters. The molecule has 1 aromatic heterocycles. The predicted octanol–water partition coefficient (Wildman–Crippen LogP) is 2.44. The first-order valence-electron chi connectivity index (χ1n) is 3.86. The Morgan fingerprint density at radius 2 is 2.00 bits per heavy atom. The number of rotatable bonds is 1. The molecule has 1 rings (SSSR count). The molecule has 0 aliphatic carbocycles. The minimum absolute atomic E-state index is 0.0718. The van der Waals surface area contributed by atoms with Crippen molar-refractivity contribution < 1.29 is 9.13 Å². The highest BCUT2D eigenvalue weighted by molar-refractivity contribution is 6.31. The van der Waals surface area contributed by atoms with Crippen molar-refractivity contribution in [3.05, 3.63) is 11.0 Å². The van der Waals surface area contributed by atoms with Gasteiger partial charge in [-0.3, -0.25) is 0 Å². The standard InChI is InChI=1S/C8H12ClFN2O/c1-8(2,3)12-7(13-4)5(9)6(10)11-12/h1-4H3. The van der Waals surface area contributed by atoms with Crippen molar-refractivity contribution in [2.75, 3.05) is 7.11 Å². The topological polar surface area (TPSA) is 27.1 Å². The van der Waals surface area contributed by atoms with Crippen molar-refractivity contribution in [3.8, 4) is 5.88 Å². The zero-order chi connectivity index (χ0) is 10.2. The Bertz CT molecular complexity index is 317. The van der Waals surface area contributed by atoms with Crippen molar-refractivity contribution in [2.45, 2.75) is 26.3 Å². The molecular formula is C8H12ClFN2O. The van der Waals surface area contributed by atoms with E-state index in [9.17, 15) is 4.39 Å². The smallest absolute Gasteiger partial charge is 0.255 e. The summed E-state index contributed by atoms with van der Waals surface area (Å²) in [6.07, 6.45) is 0. The third-order valence-corrected chi connectivity index (χ3v) is 1.90. The summed E-state index contributed by atoms with van der Waals surface area (Å²) in [5, 5.41) is 3.57. The number of ether oxygens (including phenoxy) is 1. The summed E-state index contributed by atoms with van der Waals surface area (Å²) in [6.45, 7) is 5.66. The van der Waals surface area contributed by atoms with E-state index in [2.05, 4.69) is 5.10 Å². The fourth-order valence-electron chi connectivity index (χ4n) is 0.989. The molecule has 0 aliphatic rings. The summed E-state index contributed by atoms with van der Waals surface area (Å²) in [4.78, 5) is 0. The van der Waals surface area contributed by atoms with Gasteiger partial charge in [-0.05, 0) is 20.8 Å². The molecule has 0 bridgehead atoms. The number of hydrogen-bond donors (Lipinski definition) is 0. The highest BCUT2D eigenvalue weighted by Crippen LogP contribution is 2.31. The fraction of sp³-hybridized carbons (Fsp3) is 0.625. The Morgan fingerprint density at radius 3 is 2.31 bits per heavy atom. The lowest BCUT2D eigenvalue weighted by Crippen LogP contribution is -2.23. The first-order valence-corrected chi connectivity index (χ1v) is 4.24. The van der Waals surface area contributed by atoms with Crippen LogP contribution in [0.15, 0.2) is 0 Å². The van der Waals surface area contributed by atoms with Crippen molar-refractivity contribution in [1.82, 2.24) is 9.78 Å². The Hall–Kier alpha value is -0.770. The van der Waals surface area contributed by atoms with E-state index >= 15 is 0 Å². The molecule has 0 unspecified atom stereocenters. The lowest BCUT2D eigenvalue weighted by atomic mass is 10.1. The van der Waals surface area contributed by atoms with Crippen LogP contribution in [0.25, 0.3) is 0 Å². The molecule has 0 radical (unpaired) electrons. The Labute approximate surface area is 81.4 Å². The van der Waals surface area contributed by atoms with Gasteiger partial charge in [0.1, 0.15) is 0 Å². The van der Waals surface area contributed by atoms with Gasteiger partial charge >= 0.3 is 0 Å². The van der Waals surface area contributed by atoms with Gasteiger partial charge in [0.25, 0.3) is 5.95 Å². The molecule has 0 aliphatic heterocycles. The summed E-state index contributed by atoms with van der Waals surface area (Å²) >= 11 is 5.64. The summed E-state index contributed by atoms with van der Waals surface area (Å²) in [5.41, 5.74) is -0.348. The molecule has 5 heteroatoms. The Balaban J connectivity index is 3.30. The summed E-state index contributed by atoms with van der Waals surface area (Å²) in [6, 6.07) is 0. The lowest BCUT2D eigenvalue weighted by Gasteiger charge is -2.20. The van der Waals surface area contributed by atoms with Crippen LogP contribution >= 0.6 is 11.6 Å². The monoisotopic (exact) mass is 206 g/mol. The van der Waals surface area contributed by atoms with Crippen LogP contribution in [-0.2, 0) is 5.54 Å². The van der Waals surface area contributed by atoms with E-state index in [1.54, 1.807) is 0 Å². The van der Waals surface area contributed by atoms with Crippen molar-refractivity contribution in [3.63, 3.8) is 0 Å². The highest BCUT2D eigenvalue weighted by Gasteiger charge is 2.24. The lowest BCUT2D eigenvalue weighted by molar-refractivity contribution is 0.278. The van der Waals surface area contributed by atoms with Crippen LogP contribution in [0.5, 0.6) is 5.88 Å². The van der Waals surface area contributed by atoms with Crippen LogP contribution in [0.3, 0.4) is 0 Å². The molecule has 1 aromatic rings. The Kier molecular flexibility index (Phi) is 2.52. The zero-order valence-corrected chi connectivity index (χ0v) is 8.81. The first-order chi connectivity index (χ1) is 5.88. The van der Waals surface area contributed by atoms with Crippen LogP contribution in [-0.4, -0.2) is 16.9 Å². The predicted molar refractivity (Wildman–Crippen MR) is 48.7 cm³/mol. The van der Waals surface area contributed by atoms with Crippen LogP contribution in [0, 0.1) is 5.95 Å². The van der Waals surface area contributed by atoms with E-state index in [0.717, 1.165) is 0 Å². The number of aromatic nitrogens is 2. The average molecular weight is 207 g/mol. The van der Waals surface area contributed by atoms with Crippen molar-refractivity contribution in [1.29, 1.82) is 0 Å². The number of methoxy groups -OCH3 is 1. The largest absolute Gasteiger partial charge is 0.480 e. The summed E-state index contributed by atoms with van der Waals surface area (Å²) in [5.74, 6) is -0.444. The van der Waals surface area contributed by atoms with E-state index in [-0.39, 0.29) is 16.4 Å². The minimum Gasteiger partial charge on any atom is -0.480 e. The average Bonchev–Trinajstić information content (AvgIpc) is 2.28. The van der Waals surface area contributed by atoms with Gasteiger partial charge in [0.15, 0.2) is 5.02 Å². The van der Waals surface area contributed by atoms with Crippen LogP contribution < -0.4 is 4.74 Å². The maximum atomic E-state index is 13.0. The molecule has 0 N–H and O–H groups in total. The molecule has 74 valence electrons. The van der Waals surface area contributed by atoms with Gasteiger partial charge in [-0.2, -0.15) is 4.39 Å². The van der Waals surface area contributed by atoms with E-state index in [1.165, 1.54) is 11.8 Å². The second-order valence-corrected chi connectivity index (χ2v) is 4.07. The normalized spacial score (nSPS) is 11.8. The van der Waals surface area contributed by atoms with Crippen LogP contribution in [0.4, 0.5) is 4.39 Å². The van der Waals surface area contributed by atoms with Gasteiger partial charge in [-0.15, -0.1) is 5.10 Å². The quantitative estimate of drug-likeness (QED) is 0.706. The van der Waals surface area contributed by atoms with E-state index in [1.807, 2.05) is 20.8 Å². The Morgan fingerprint density at radius 1 is 1.46 bits per heavy atom. The van der Waals surface area contributed by atoms with E-state index in [0.29, 0.717) is 0 Å². The second kappa shape index (κ2) is 3.18.